The van der Waals surface area contributed by atoms with Crippen LogP contribution in [-0.2, 0) is 14.3 Å². The van der Waals surface area contributed by atoms with Gasteiger partial charge in [0.05, 0.1) is 18.7 Å². The van der Waals surface area contributed by atoms with E-state index in [1.807, 2.05) is 24.3 Å². The van der Waals surface area contributed by atoms with Gasteiger partial charge >= 0.3 is 12.1 Å². The highest BCUT2D eigenvalue weighted by Gasteiger charge is 2.51. The van der Waals surface area contributed by atoms with Crippen molar-refractivity contribution in [2.75, 3.05) is 6.61 Å². The molecule has 1 aliphatic heterocycles. The number of esters is 1. The van der Waals surface area contributed by atoms with Crippen LogP contribution >= 0.6 is 0 Å². The molecule has 1 amide bonds. The standard InChI is InChI=1S/C28H31FN2O4/c1-2-34-28(33)31-23-9-10-24-19(14-23)12-20-15-26(32)35-27(20)25(24)11-8-22-7-6-18(16-30-22)17-4-3-5-21(29)13-17/h3-8,11,13,16,19-20,23-25,27H,2,9-10,12,14-15H2,1H3,(H,31,33)/b11-8+/t19-,20+,23-,24-,25+,27-/m1/s1. The van der Waals surface area contributed by atoms with Gasteiger partial charge in [0.15, 0.2) is 0 Å². The Labute approximate surface area is 204 Å². The number of halogens is 1. The highest BCUT2D eigenvalue weighted by Crippen LogP contribution is 2.50. The van der Waals surface area contributed by atoms with Crippen LogP contribution < -0.4 is 5.32 Å². The summed E-state index contributed by atoms with van der Waals surface area (Å²) in [6.45, 7) is 2.16. The van der Waals surface area contributed by atoms with Crippen molar-refractivity contribution in [2.24, 2.45) is 23.7 Å². The van der Waals surface area contributed by atoms with Crippen LogP contribution in [0.15, 0.2) is 48.7 Å². The number of benzene rings is 1. The molecule has 0 bridgehead atoms. The smallest absolute Gasteiger partial charge is 0.407 e. The van der Waals surface area contributed by atoms with Crippen molar-refractivity contribution in [1.29, 1.82) is 0 Å². The predicted molar refractivity (Wildman–Crippen MR) is 130 cm³/mol. The van der Waals surface area contributed by atoms with E-state index in [0.717, 1.165) is 42.5 Å². The first-order valence-electron chi connectivity index (χ1n) is 12.5. The van der Waals surface area contributed by atoms with Crippen LogP contribution in [0, 0.1) is 29.5 Å². The third-order valence-electron chi connectivity index (χ3n) is 7.71. The molecule has 2 aromatic rings. The number of amides is 1. The lowest BCUT2D eigenvalue weighted by molar-refractivity contribution is -0.145. The first kappa shape index (κ1) is 23.5. The summed E-state index contributed by atoms with van der Waals surface area (Å²) >= 11 is 0. The van der Waals surface area contributed by atoms with Crippen molar-refractivity contribution in [3.8, 4) is 11.1 Å². The Morgan fingerprint density at radius 3 is 2.86 bits per heavy atom. The molecule has 2 heterocycles. The predicted octanol–water partition coefficient (Wildman–Crippen LogP) is 5.38. The number of carbonyl (C=O) groups is 2. The molecule has 6 nitrogen and oxygen atoms in total. The SMILES string of the molecule is CCOC(=O)N[C@@H]1CC[C@@H]2[C@@H](C1)C[C@H]1CC(=O)O[C@H]1[C@H]2/C=C/c1ccc(-c2cccc(F)c2)cn1. The van der Waals surface area contributed by atoms with Crippen LogP contribution in [0.5, 0.6) is 0 Å². The van der Waals surface area contributed by atoms with Crippen molar-refractivity contribution in [3.63, 3.8) is 0 Å². The van der Waals surface area contributed by atoms with E-state index in [2.05, 4.69) is 16.4 Å². The number of nitrogens with one attached hydrogen (secondary N) is 1. The summed E-state index contributed by atoms with van der Waals surface area (Å²) in [7, 11) is 0. The molecule has 5 rings (SSSR count). The normalized spacial score (nSPS) is 29.8. The number of pyridine rings is 1. The highest BCUT2D eigenvalue weighted by molar-refractivity contribution is 5.72. The number of rotatable bonds is 5. The van der Waals surface area contributed by atoms with Gasteiger partial charge in [-0.15, -0.1) is 0 Å². The largest absolute Gasteiger partial charge is 0.461 e. The number of hydrogen-bond donors (Lipinski definition) is 1. The van der Waals surface area contributed by atoms with Gasteiger partial charge in [-0.05, 0) is 74.3 Å². The number of nitrogens with zero attached hydrogens (tertiary/aromatic N) is 1. The number of carbonyl (C=O) groups excluding carboxylic acids is 2. The molecule has 3 aliphatic rings. The number of alkyl carbamates (subject to hydrolysis) is 1. The molecule has 0 unspecified atom stereocenters. The maximum Gasteiger partial charge on any atom is 0.407 e. The van der Waals surface area contributed by atoms with Crippen LogP contribution in [0.1, 0.15) is 44.7 Å². The second-order valence-corrected chi connectivity index (χ2v) is 9.87. The minimum absolute atomic E-state index is 0.0962. The van der Waals surface area contributed by atoms with Crippen LogP contribution in [0.3, 0.4) is 0 Å². The molecule has 7 heteroatoms. The first-order chi connectivity index (χ1) is 17.0. The monoisotopic (exact) mass is 478 g/mol. The van der Waals surface area contributed by atoms with Crippen molar-refractivity contribution < 1.29 is 23.5 Å². The summed E-state index contributed by atoms with van der Waals surface area (Å²) in [5.41, 5.74) is 2.46. The summed E-state index contributed by atoms with van der Waals surface area (Å²) in [4.78, 5) is 28.6. The molecule has 1 saturated heterocycles. The Balaban J connectivity index is 1.31. The number of ether oxygens (including phenoxy) is 2. The maximum absolute atomic E-state index is 13.6. The summed E-state index contributed by atoms with van der Waals surface area (Å²) in [5.74, 6) is 0.762. The summed E-state index contributed by atoms with van der Waals surface area (Å²) in [6.07, 6.45) is 9.63. The fourth-order valence-corrected chi connectivity index (χ4v) is 6.21. The average molecular weight is 479 g/mol. The lowest BCUT2D eigenvalue weighted by Crippen LogP contribution is -2.48. The van der Waals surface area contributed by atoms with Crippen molar-refractivity contribution in [2.45, 2.75) is 51.2 Å². The van der Waals surface area contributed by atoms with E-state index < -0.39 is 0 Å². The van der Waals surface area contributed by atoms with E-state index in [0.29, 0.717) is 24.9 Å². The molecule has 3 fully saturated rings. The van der Waals surface area contributed by atoms with E-state index in [9.17, 15) is 14.0 Å². The van der Waals surface area contributed by atoms with Crippen molar-refractivity contribution in [3.05, 3.63) is 60.2 Å². The van der Waals surface area contributed by atoms with Gasteiger partial charge in [-0.25, -0.2) is 9.18 Å². The fraction of sp³-hybridized carbons (Fsp3) is 0.464. The average Bonchev–Trinajstić information content (AvgIpc) is 3.22. The van der Waals surface area contributed by atoms with Crippen LogP contribution in [0.2, 0.25) is 0 Å². The van der Waals surface area contributed by atoms with E-state index in [4.69, 9.17) is 9.47 Å². The van der Waals surface area contributed by atoms with Gasteiger partial charge in [0.2, 0.25) is 0 Å². The lowest BCUT2D eigenvalue weighted by atomic mass is 9.60. The van der Waals surface area contributed by atoms with E-state index in [-0.39, 0.29) is 41.9 Å². The summed E-state index contributed by atoms with van der Waals surface area (Å²) in [6, 6.07) is 10.4. The van der Waals surface area contributed by atoms with Crippen LogP contribution in [0.4, 0.5) is 9.18 Å². The molecule has 1 aromatic carbocycles. The van der Waals surface area contributed by atoms with E-state index >= 15 is 0 Å². The molecular formula is C28H31FN2O4. The minimum atomic E-state index is -0.353. The Morgan fingerprint density at radius 1 is 1.20 bits per heavy atom. The first-order valence-corrected chi connectivity index (χ1v) is 12.5. The minimum Gasteiger partial charge on any atom is -0.461 e. The molecule has 2 aliphatic carbocycles. The third-order valence-corrected chi connectivity index (χ3v) is 7.71. The fourth-order valence-electron chi connectivity index (χ4n) is 6.21. The molecule has 184 valence electrons. The molecule has 0 radical (unpaired) electrons. The van der Waals surface area contributed by atoms with Gasteiger partial charge in [-0.3, -0.25) is 9.78 Å². The number of fused-ring (bicyclic) bond motifs is 2. The summed E-state index contributed by atoms with van der Waals surface area (Å²) in [5, 5.41) is 3.01. The number of hydrogen-bond acceptors (Lipinski definition) is 5. The van der Waals surface area contributed by atoms with Gasteiger partial charge in [0.1, 0.15) is 11.9 Å². The van der Waals surface area contributed by atoms with Gasteiger partial charge in [-0.1, -0.05) is 24.3 Å². The Kier molecular flexibility index (Phi) is 6.84. The van der Waals surface area contributed by atoms with E-state index in [1.165, 1.54) is 12.1 Å². The van der Waals surface area contributed by atoms with Gasteiger partial charge in [0, 0.05) is 29.6 Å². The third kappa shape index (κ3) is 5.24. The molecule has 1 N–H and O–H groups in total. The molecule has 6 atom stereocenters. The van der Waals surface area contributed by atoms with E-state index in [1.54, 1.807) is 19.2 Å². The topological polar surface area (TPSA) is 77.5 Å². The number of aromatic nitrogens is 1. The zero-order valence-electron chi connectivity index (χ0n) is 19.9. The molecular weight excluding hydrogens is 447 g/mol. The molecule has 1 aromatic heterocycles. The van der Waals surface area contributed by atoms with Crippen LogP contribution in [-0.4, -0.2) is 35.8 Å². The van der Waals surface area contributed by atoms with Crippen molar-refractivity contribution in [1.82, 2.24) is 10.3 Å². The lowest BCUT2D eigenvalue weighted by Gasteiger charge is -2.47. The van der Waals surface area contributed by atoms with Gasteiger partial charge < -0.3 is 14.8 Å². The Bertz CT molecular complexity index is 1100. The zero-order valence-corrected chi connectivity index (χ0v) is 19.9. The second-order valence-electron chi connectivity index (χ2n) is 9.87. The quantitative estimate of drug-likeness (QED) is 0.584. The summed E-state index contributed by atoms with van der Waals surface area (Å²) < 4.78 is 24.4. The van der Waals surface area contributed by atoms with Crippen molar-refractivity contribution >= 4 is 18.1 Å². The van der Waals surface area contributed by atoms with Gasteiger partial charge in [-0.2, -0.15) is 0 Å². The molecule has 35 heavy (non-hydrogen) atoms. The van der Waals surface area contributed by atoms with Gasteiger partial charge in [0.25, 0.3) is 0 Å². The maximum atomic E-state index is 13.6. The van der Waals surface area contributed by atoms with Crippen LogP contribution in [0.25, 0.3) is 17.2 Å². The zero-order chi connectivity index (χ0) is 24.4. The Morgan fingerprint density at radius 2 is 2.09 bits per heavy atom. The highest BCUT2D eigenvalue weighted by atomic mass is 19.1. The second kappa shape index (κ2) is 10.2. The molecule has 2 saturated carbocycles. The molecule has 0 spiro atoms. The Hall–Kier alpha value is -3.22.